The highest BCUT2D eigenvalue weighted by Crippen LogP contribution is 2.68. The molecule has 4 rings (SSSR count). The van der Waals surface area contributed by atoms with E-state index in [9.17, 15) is 15.0 Å². The molecule has 154 valence electrons. The fourth-order valence-corrected chi connectivity index (χ4v) is 8.76. The fourth-order valence-electron chi connectivity index (χ4n) is 8.76. The topological polar surface area (TPSA) is 60.4 Å². The van der Waals surface area contributed by atoms with Gasteiger partial charge in [-0.2, -0.15) is 0 Å². The van der Waals surface area contributed by atoms with Crippen LogP contribution in [0.15, 0.2) is 0 Å². The van der Waals surface area contributed by atoms with Crippen molar-refractivity contribution in [3.05, 3.63) is 0 Å². The normalized spacial score (nSPS) is 50.4. The van der Waals surface area contributed by atoms with Crippen molar-refractivity contribution in [2.75, 3.05) is 0 Å². The predicted octanol–water partition coefficient (Wildman–Crippen LogP) is 4.17. The first-order chi connectivity index (χ1) is 12.8. The van der Waals surface area contributed by atoms with Gasteiger partial charge in [0.05, 0.1) is 6.10 Å². The lowest BCUT2D eigenvalue weighted by Crippen LogP contribution is -2.54. The van der Waals surface area contributed by atoms with Gasteiger partial charge in [-0.3, -0.25) is 0 Å². The number of aliphatic hydroxyl groups is 1. The first-order valence-electron chi connectivity index (χ1n) is 11.6. The number of carboxylic acids is 1. The number of carbonyl (C=O) groups is 1. The average molecular weight is 376 g/mol. The van der Waals surface area contributed by atoms with Crippen LogP contribution in [0.25, 0.3) is 0 Å². The van der Waals surface area contributed by atoms with Crippen LogP contribution in [0.2, 0.25) is 0 Å². The van der Waals surface area contributed by atoms with Crippen molar-refractivity contribution >= 4 is 5.97 Å². The summed E-state index contributed by atoms with van der Waals surface area (Å²) in [6.45, 7) is 7.38. The zero-order valence-electron chi connectivity index (χ0n) is 17.6. The number of aliphatic hydroxyl groups excluding tert-OH is 1. The number of fused-ring (bicyclic) bond motifs is 5. The zero-order valence-corrected chi connectivity index (χ0v) is 17.6. The number of carbonyl (C=O) groups excluding carboxylic acids is 1. The molecule has 4 aliphatic rings. The summed E-state index contributed by atoms with van der Waals surface area (Å²) in [5.74, 6) is 3.55. The Morgan fingerprint density at radius 1 is 1.04 bits per heavy atom. The Hall–Kier alpha value is -0.570. The van der Waals surface area contributed by atoms with Gasteiger partial charge in [-0.15, -0.1) is 0 Å². The first-order valence-corrected chi connectivity index (χ1v) is 11.6. The van der Waals surface area contributed by atoms with Gasteiger partial charge in [-0.1, -0.05) is 20.8 Å². The standard InChI is InChI=1S/C24H40O3/c1-15(4-9-22(26)27)19-7-8-20-18-6-5-16-14-17(25)10-12-23(16,2)21(18)11-13-24(19,20)3/h15-21,25H,4-14H2,1-3H3,(H,26,27)/p-1/t15-,16+,17+,18+,19-,20+,21+,23+,24-/m1/s1. The van der Waals surface area contributed by atoms with Crippen LogP contribution in [0.5, 0.6) is 0 Å². The maximum absolute atomic E-state index is 10.9. The highest BCUT2D eigenvalue weighted by Gasteiger charge is 2.60. The van der Waals surface area contributed by atoms with Gasteiger partial charge in [0.25, 0.3) is 0 Å². The maximum atomic E-state index is 10.9. The molecule has 0 bridgehead atoms. The summed E-state index contributed by atoms with van der Waals surface area (Å²) in [4.78, 5) is 10.9. The van der Waals surface area contributed by atoms with E-state index in [2.05, 4.69) is 20.8 Å². The minimum atomic E-state index is -0.893. The molecule has 27 heavy (non-hydrogen) atoms. The number of hydrogen-bond donors (Lipinski definition) is 1. The lowest BCUT2D eigenvalue weighted by molar-refractivity contribution is -0.306. The molecule has 3 nitrogen and oxygen atoms in total. The molecule has 4 aliphatic carbocycles. The van der Waals surface area contributed by atoms with Crippen molar-refractivity contribution in [3.63, 3.8) is 0 Å². The predicted molar refractivity (Wildman–Crippen MR) is 105 cm³/mol. The number of aliphatic carboxylic acids is 1. The van der Waals surface area contributed by atoms with E-state index in [0.29, 0.717) is 22.7 Å². The van der Waals surface area contributed by atoms with Gasteiger partial charge in [0.15, 0.2) is 0 Å². The lowest BCUT2D eigenvalue weighted by Gasteiger charge is -2.61. The largest absolute Gasteiger partial charge is 0.550 e. The van der Waals surface area contributed by atoms with E-state index >= 15 is 0 Å². The minimum Gasteiger partial charge on any atom is -0.550 e. The van der Waals surface area contributed by atoms with E-state index in [1.54, 1.807) is 0 Å². The molecule has 9 atom stereocenters. The van der Waals surface area contributed by atoms with Crippen LogP contribution in [0, 0.1) is 46.3 Å². The molecule has 0 radical (unpaired) electrons. The van der Waals surface area contributed by atoms with Crippen molar-refractivity contribution in [1.29, 1.82) is 0 Å². The molecule has 1 N–H and O–H groups in total. The third-order valence-electron chi connectivity index (χ3n) is 10.2. The maximum Gasteiger partial charge on any atom is 0.0543 e. The Morgan fingerprint density at radius 2 is 1.74 bits per heavy atom. The minimum absolute atomic E-state index is 0.0612. The van der Waals surface area contributed by atoms with Crippen LogP contribution >= 0.6 is 0 Å². The van der Waals surface area contributed by atoms with E-state index in [0.717, 1.165) is 42.9 Å². The quantitative estimate of drug-likeness (QED) is 0.802. The van der Waals surface area contributed by atoms with Crippen molar-refractivity contribution in [3.8, 4) is 0 Å². The molecule has 4 saturated carbocycles. The molecule has 0 aliphatic heterocycles. The van der Waals surface area contributed by atoms with Crippen molar-refractivity contribution in [2.45, 2.75) is 97.5 Å². The fraction of sp³-hybridized carbons (Fsp3) is 0.958. The highest BCUT2D eigenvalue weighted by molar-refractivity contribution is 5.64. The molecule has 0 spiro atoms. The molecular weight excluding hydrogens is 336 g/mol. The van der Waals surface area contributed by atoms with Gasteiger partial charge in [-0.25, -0.2) is 0 Å². The van der Waals surface area contributed by atoms with Crippen LogP contribution in [0.1, 0.15) is 91.4 Å². The molecule has 3 heteroatoms. The van der Waals surface area contributed by atoms with Crippen molar-refractivity contribution in [2.24, 2.45) is 46.3 Å². The first kappa shape index (κ1) is 19.7. The molecule has 4 fully saturated rings. The third-order valence-corrected chi connectivity index (χ3v) is 10.2. The van der Waals surface area contributed by atoms with Crippen LogP contribution in [0.4, 0.5) is 0 Å². The van der Waals surface area contributed by atoms with Gasteiger partial charge in [0, 0.05) is 5.97 Å². The summed E-state index contributed by atoms with van der Waals surface area (Å²) in [6.07, 6.45) is 12.2. The summed E-state index contributed by atoms with van der Waals surface area (Å²) in [5, 5.41) is 21.1. The van der Waals surface area contributed by atoms with E-state index < -0.39 is 5.97 Å². The molecule has 0 aromatic rings. The molecule has 0 amide bonds. The average Bonchev–Trinajstić information content (AvgIpc) is 2.97. The Morgan fingerprint density at radius 3 is 2.48 bits per heavy atom. The van der Waals surface area contributed by atoms with Gasteiger partial charge in [-0.05, 0) is 117 Å². The SMILES string of the molecule is C[C@H](CCC(=O)[O-])[C@H]1CC[C@H]2[C@@H]3CC[C@H]4C[C@@H](O)CC[C@]4(C)[C@H]3CC[C@]12C. The smallest absolute Gasteiger partial charge is 0.0543 e. The number of hydrogen-bond acceptors (Lipinski definition) is 3. The Balaban J connectivity index is 1.51. The molecule has 0 heterocycles. The second-order valence-electron chi connectivity index (χ2n) is 11.2. The van der Waals surface area contributed by atoms with Crippen LogP contribution in [0.3, 0.4) is 0 Å². The molecule has 0 aromatic carbocycles. The van der Waals surface area contributed by atoms with Gasteiger partial charge < -0.3 is 15.0 Å². The zero-order chi connectivity index (χ0) is 19.4. The lowest BCUT2D eigenvalue weighted by atomic mass is 9.44. The molecule has 0 saturated heterocycles. The summed E-state index contributed by atoms with van der Waals surface area (Å²) >= 11 is 0. The number of rotatable bonds is 4. The summed E-state index contributed by atoms with van der Waals surface area (Å²) < 4.78 is 0. The Kier molecular flexibility index (Phi) is 5.15. The second-order valence-corrected chi connectivity index (χ2v) is 11.2. The van der Waals surface area contributed by atoms with Crippen LogP contribution in [-0.2, 0) is 4.79 Å². The van der Waals surface area contributed by atoms with E-state index in [4.69, 9.17) is 0 Å². The van der Waals surface area contributed by atoms with E-state index in [1.807, 2.05) is 0 Å². The number of carboxylic acid groups (broad SMARTS) is 1. The second kappa shape index (κ2) is 7.04. The van der Waals surface area contributed by atoms with Crippen molar-refractivity contribution in [1.82, 2.24) is 0 Å². The molecule has 0 aromatic heterocycles. The summed E-state index contributed by atoms with van der Waals surface area (Å²) in [5.41, 5.74) is 0.853. The highest BCUT2D eigenvalue weighted by atomic mass is 16.4. The summed E-state index contributed by atoms with van der Waals surface area (Å²) in [6, 6.07) is 0. The Bertz CT molecular complexity index is 574. The van der Waals surface area contributed by atoms with E-state index in [-0.39, 0.29) is 12.5 Å². The van der Waals surface area contributed by atoms with Gasteiger partial charge in [0.2, 0.25) is 0 Å². The third kappa shape index (κ3) is 3.16. The monoisotopic (exact) mass is 375 g/mol. The van der Waals surface area contributed by atoms with Gasteiger partial charge in [0.1, 0.15) is 0 Å². The Labute approximate surface area is 165 Å². The molecule has 0 unspecified atom stereocenters. The van der Waals surface area contributed by atoms with Crippen LogP contribution in [-0.4, -0.2) is 17.2 Å². The van der Waals surface area contributed by atoms with E-state index in [1.165, 1.54) is 44.9 Å². The summed E-state index contributed by atoms with van der Waals surface area (Å²) in [7, 11) is 0. The molecular formula is C24H39O3-. The van der Waals surface area contributed by atoms with Crippen molar-refractivity contribution < 1.29 is 15.0 Å². The van der Waals surface area contributed by atoms with Gasteiger partial charge >= 0.3 is 0 Å². The van der Waals surface area contributed by atoms with Crippen LogP contribution < -0.4 is 5.11 Å².